The molecule has 1 rings (SSSR count). The average Bonchev–Trinajstić information content (AvgIpc) is 2.30. The van der Waals surface area contributed by atoms with Crippen LogP contribution in [0.25, 0.3) is 0 Å². The molecule has 0 amide bonds. The summed E-state index contributed by atoms with van der Waals surface area (Å²) in [4.78, 5) is 2.38. The highest BCUT2D eigenvalue weighted by Gasteiger charge is 2.10. The van der Waals surface area contributed by atoms with Gasteiger partial charge in [0.15, 0.2) is 0 Å². The van der Waals surface area contributed by atoms with Gasteiger partial charge in [0.25, 0.3) is 0 Å². The van der Waals surface area contributed by atoms with Gasteiger partial charge in [-0.3, -0.25) is 4.90 Å². The fourth-order valence-corrected chi connectivity index (χ4v) is 2.38. The highest BCUT2D eigenvalue weighted by molar-refractivity contribution is 7.98. The van der Waals surface area contributed by atoms with Crippen LogP contribution >= 0.6 is 11.8 Å². The SMILES string of the molecule is CSCCC(C)N(C)Cc1cc(C)ccc1N. The summed E-state index contributed by atoms with van der Waals surface area (Å²) in [7, 11) is 2.17. The van der Waals surface area contributed by atoms with Crippen LogP contribution in [0, 0.1) is 6.92 Å². The first-order valence-electron chi connectivity index (χ1n) is 6.08. The molecule has 0 bridgehead atoms. The summed E-state index contributed by atoms with van der Waals surface area (Å²) >= 11 is 1.91. The maximum Gasteiger partial charge on any atom is 0.0359 e. The van der Waals surface area contributed by atoms with Gasteiger partial charge in [0.2, 0.25) is 0 Å². The predicted molar refractivity (Wildman–Crippen MR) is 79.5 cm³/mol. The quantitative estimate of drug-likeness (QED) is 0.789. The standard InChI is InChI=1S/C14H24N2S/c1-11-5-6-14(15)13(9-11)10-16(3)12(2)7-8-17-4/h5-6,9,12H,7-8,10,15H2,1-4H3. The van der Waals surface area contributed by atoms with Gasteiger partial charge < -0.3 is 5.73 Å². The number of nitrogens with two attached hydrogens (primary N) is 1. The van der Waals surface area contributed by atoms with E-state index in [0.29, 0.717) is 6.04 Å². The zero-order valence-corrected chi connectivity index (χ0v) is 12.2. The van der Waals surface area contributed by atoms with Gasteiger partial charge in [-0.25, -0.2) is 0 Å². The van der Waals surface area contributed by atoms with E-state index in [2.05, 4.69) is 44.2 Å². The van der Waals surface area contributed by atoms with Crippen LogP contribution in [0.1, 0.15) is 24.5 Å². The van der Waals surface area contributed by atoms with Gasteiger partial charge in [0, 0.05) is 18.3 Å². The first-order chi connectivity index (χ1) is 8.04. The zero-order chi connectivity index (χ0) is 12.8. The minimum atomic E-state index is 0.599. The van der Waals surface area contributed by atoms with Crippen LogP contribution < -0.4 is 5.73 Å². The molecule has 0 spiro atoms. The van der Waals surface area contributed by atoms with Crippen molar-refractivity contribution in [2.75, 3.05) is 24.8 Å². The zero-order valence-electron chi connectivity index (χ0n) is 11.4. The number of rotatable bonds is 6. The van der Waals surface area contributed by atoms with Crippen LogP contribution in [0.2, 0.25) is 0 Å². The maximum absolute atomic E-state index is 6.01. The first kappa shape index (κ1) is 14.4. The van der Waals surface area contributed by atoms with Crippen molar-refractivity contribution in [2.24, 2.45) is 0 Å². The van der Waals surface area contributed by atoms with Gasteiger partial charge in [0.1, 0.15) is 0 Å². The molecule has 2 N–H and O–H groups in total. The van der Waals surface area contributed by atoms with Crippen molar-refractivity contribution in [2.45, 2.75) is 32.9 Å². The summed E-state index contributed by atoms with van der Waals surface area (Å²) in [5.41, 5.74) is 9.43. The normalized spacial score (nSPS) is 13.0. The summed E-state index contributed by atoms with van der Waals surface area (Å²) in [6.45, 7) is 5.32. The van der Waals surface area contributed by atoms with Crippen molar-refractivity contribution in [3.8, 4) is 0 Å². The lowest BCUT2D eigenvalue weighted by Gasteiger charge is -2.25. The third-order valence-electron chi connectivity index (χ3n) is 3.21. The fraction of sp³-hybridized carbons (Fsp3) is 0.571. The molecule has 1 aromatic rings. The summed E-state index contributed by atoms with van der Waals surface area (Å²) in [6.07, 6.45) is 3.38. The number of anilines is 1. The van der Waals surface area contributed by atoms with Gasteiger partial charge in [-0.15, -0.1) is 0 Å². The molecular weight excluding hydrogens is 228 g/mol. The van der Waals surface area contributed by atoms with Gasteiger partial charge >= 0.3 is 0 Å². The molecule has 3 heteroatoms. The minimum Gasteiger partial charge on any atom is -0.398 e. The number of hydrogen-bond acceptors (Lipinski definition) is 3. The Bertz CT molecular complexity index is 352. The van der Waals surface area contributed by atoms with Gasteiger partial charge in [-0.1, -0.05) is 17.7 Å². The number of benzene rings is 1. The molecule has 0 saturated carbocycles. The number of aryl methyl sites for hydroxylation is 1. The van der Waals surface area contributed by atoms with E-state index in [9.17, 15) is 0 Å². The maximum atomic E-state index is 6.01. The van der Waals surface area contributed by atoms with Crippen LogP contribution in [0.4, 0.5) is 5.69 Å². The molecule has 0 radical (unpaired) electrons. The van der Waals surface area contributed by atoms with E-state index >= 15 is 0 Å². The Morgan fingerprint density at radius 2 is 2.12 bits per heavy atom. The Morgan fingerprint density at radius 3 is 2.76 bits per heavy atom. The Morgan fingerprint density at radius 1 is 1.41 bits per heavy atom. The van der Waals surface area contributed by atoms with E-state index in [1.807, 2.05) is 17.8 Å². The van der Waals surface area contributed by atoms with Crippen LogP contribution in [0.15, 0.2) is 18.2 Å². The summed E-state index contributed by atoms with van der Waals surface area (Å²) in [5, 5.41) is 0. The van der Waals surface area contributed by atoms with E-state index in [0.717, 1.165) is 12.2 Å². The molecule has 0 aliphatic rings. The molecule has 96 valence electrons. The molecule has 2 nitrogen and oxygen atoms in total. The second kappa shape index (κ2) is 6.92. The topological polar surface area (TPSA) is 29.3 Å². The van der Waals surface area contributed by atoms with Crippen molar-refractivity contribution >= 4 is 17.4 Å². The van der Waals surface area contributed by atoms with Crippen molar-refractivity contribution in [1.82, 2.24) is 4.90 Å². The number of nitrogen functional groups attached to an aromatic ring is 1. The van der Waals surface area contributed by atoms with Crippen molar-refractivity contribution in [1.29, 1.82) is 0 Å². The smallest absolute Gasteiger partial charge is 0.0359 e. The first-order valence-corrected chi connectivity index (χ1v) is 7.48. The summed E-state index contributed by atoms with van der Waals surface area (Å²) in [5.74, 6) is 1.22. The lowest BCUT2D eigenvalue weighted by molar-refractivity contribution is 0.245. The molecular formula is C14H24N2S. The molecule has 17 heavy (non-hydrogen) atoms. The second-order valence-electron chi connectivity index (χ2n) is 4.75. The summed E-state index contributed by atoms with van der Waals surface area (Å²) in [6, 6.07) is 6.86. The Hall–Kier alpha value is -0.670. The van der Waals surface area contributed by atoms with Crippen LogP contribution in [-0.2, 0) is 6.54 Å². The van der Waals surface area contributed by atoms with Crippen LogP contribution in [0.3, 0.4) is 0 Å². The monoisotopic (exact) mass is 252 g/mol. The molecule has 1 aromatic carbocycles. The number of thioether (sulfide) groups is 1. The molecule has 0 fully saturated rings. The van der Waals surface area contributed by atoms with Crippen molar-refractivity contribution in [3.63, 3.8) is 0 Å². The number of hydrogen-bond donors (Lipinski definition) is 1. The van der Waals surface area contributed by atoms with Crippen molar-refractivity contribution in [3.05, 3.63) is 29.3 Å². The fourth-order valence-electron chi connectivity index (χ4n) is 1.80. The van der Waals surface area contributed by atoms with E-state index in [4.69, 9.17) is 5.73 Å². The molecule has 0 aromatic heterocycles. The minimum absolute atomic E-state index is 0.599. The second-order valence-corrected chi connectivity index (χ2v) is 5.73. The Balaban J connectivity index is 2.60. The largest absolute Gasteiger partial charge is 0.398 e. The predicted octanol–water partition coefficient (Wildman–Crippen LogP) is 3.15. The highest BCUT2D eigenvalue weighted by atomic mass is 32.2. The lowest BCUT2D eigenvalue weighted by atomic mass is 10.1. The summed E-state index contributed by atoms with van der Waals surface area (Å²) < 4.78 is 0. The van der Waals surface area contributed by atoms with E-state index in [1.165, 1.54) is 23.3 Å². The highest BCUT2D eigenvalue weighted by Crippen LogP contribution is 2.17. The third kappa shape index (κ3) is 4.60. The molecule has 1 atom stereocenters. The average molecular weight is 252 g/mol. The molecule has 0 aliphatic carbocycles. The van der Waals surface area contributed by atoms with E-state index < -0.39 is 0 Å². The van der Waals surface area contributed by atoms with Crippen LogP contribution in [0.5, 0.6) is 0 Å². The number of nitrogens with zero attached hydrogens (tertiary/aromatic N) is 1. The lowest BCUT2D eigenvalue weighted by Crippen LogP contribution is -2.29. The Labute approximate surface area is 110 Å². The van der Waals surface area contributed by atoms with Gasteiger partial charge in [-0.05, 0) is 51.0 Å². The van der Waals surface area contributed by atoms with Gasteiger partial charge in [0.05, 0.1) is 0 Å². The van der Waals surface area contributed by atoms with Gasteiger partial charge in [-0.2, -0.15) is 11.8 Å². The molecule has 1 unspecified atom stereocenters. The third-order valence-corrected chi connectivity index (χ3v) is 3.85. The van der Waals surface area contributed by atoms with Crippen LogP contribution in [-0.4, -0.2) is 30.0 Å². The Kier molecular flexibility index (Phi) is 5.86. The molecule has 0 heterocycles. The van der Waals surface area contributed by atoms with E-state index in [-0.39, 0.29) is 0 Å². The van der Waals surface area contributed by atoms with Crippen molar-refractivity contribution < 1.29 is 0 Å². The van der Waals surface area contributed by atoms with E-state index in [1.54, 1.807) is 0 Å². The molecule has 0 saturated heterocycles. The molecule has 0 aliphatic heterocycles.